The Hall–Kier alpha value is -3.40. The molecule has 0 aliphatic carbocycles. The number of carbonyl (C=O) groups excluding carboxylic acids is 3. The molecular weight excluding hydrogens is 753 g/mol. The third kappa shape index (κ3) is 40.8. The summed E-state index contributed by atoms with van der Waals surface area (Å²) in [5.41, 5.74) is 5.34. The normalized spacial score (nSPS) is 14.1. The number of hydrogen-bond donors (Lipinski definition) is 2. The Kier molecular flexibility index (Phi) is 39.3. The second-order valence-electron chi connectivity index (χ2n) is 13.9. The molecule has 0 rings (SSSR count). The molecule has 2 atom stereocenters. The van der Waals surface area contributed by atoms with Gasteiger partial charge in [-0.25, -0.2) is 4.57 Å². The number of phosphoric acid groups is 1. The van der Waals surface area contributed by atoms with Crippen molar-refractivity contribution in [3.05, 3.63) is 97.2 Å². The van der Waals surface area contributed by atoms with Crippen LogP contribution in [0.25, 0.3) is 0 Å². The van der Waals surface area contributed by atoms with Gasteiger partial charge >= 0.3 is 19.8 Å². The van der Waals surface area contributed by atoms with Gasteiger partial charge in [0.05, 0.1) is 13.2 Å². The number of phosphoric ester groups is 1. The minimum Gasteiger partial charge on any atom is -0.462 e. The van der Waals surface area contributed by atoms with Gasteiger partial charge in [-0.3, -0.25) is 23.4 Å². The molecule has 328 valence electrons. The average molecular weight is 830 g/mol. The number of rotatable bonds is 39. The number of esters is 2. The molecule has 0 radical (unpaired) electrons. The predicted octanol–water partition coefficient (Wildman–Crippen LogP) is 11.8. The van der Waals surface area contributed by atoms with Crippen LogP contribution in [-0.4, -0.2) is 55.1 Å². The van der Waals surface area contributed by atoms with E-state index in [0.29, 0.717) is 25.7 Å². The zero-order chi connectivity index (χ0) is 42.6. The number of carbonyl (C=O) groups is 3. The van der Waals surface area contributed by atoms with Crippen molar-refractivity contribution in [3.8, 4) is 0 Å². The summed E-state index contributed by atoms with van der Waals surface area (Å²) in [7, 11) is -4.42. The lowest BCUT2D eigenvalue weighted by Gasteiger charge is -2.19. The molecule has 0 heterocycles. The number of hydrogen-bond acceptors (Lipinski definition) is 9. The van der Waals surface area contributed by atoms with Gasteiger partial charge in [0.1, 0.15) is 6.61 Å². The summed E-state index contributed by atoms with van der Waals surface area (Å²) in [6, 6.07) is 0. The first-order valence-electron chi connectivity index (χ1n) is 21.7. The standard InChI is InChI=1S/C47H76NO9P/c1-3-5-7-8-9-10-11-12-13-14-15-16-17-18-21-25-28-31-35-39-47(51)57-45(43-56-58(52,53)55-41-40-48)42-54-46(50)38-34-30-27-24-22-19-20-23-26-29-33-37-44(49)36-32-6-4-2/h9-10,12-13,15-16,18-21,24,26-27,29,33,37,45H,3-8,11,14,17,22-23,25,28,30-32,34-36,38-43,48H2,1-2H3,(H,52,53)/b10-9-,13-12-,16-15-,20-19-,21-18-,27-24-,29-26-,37-33+/t45-/m1/s1. The number of allylic oxidation sites excluding steroid dienone is 16. The monoisotopic (exact) mass is 830 g/mol. The number of unbranched alkanes of at least 4 members (excludes halogenated alkanes) is 9. The molecular formula is C47H76NO9P. The van der Waals surface area contributed by atoms with E-state index < -0.39 is 32.5 Å². The predicted molar refractivity (Wildman–Crippen MR) is 238 cm³/mol. The molecule has 0 aliphatic heterocycles. The van der Waals surface area contributed by atoms with Crippen LogP contribution in [0, 0.1) is 0 Å². The Labute approximate surface area is 351 Å². The smallest absolute Gasteiger partial charge is 0.462 e. The molecule has 58 heavy (non-hydrogen) atoms. The highest BCUT2D eigenvalue weighted by atomic mass is 31.2. The van der Waals surface area contributed by atoms with Crippen molar-refractivity contribution < 1.29 is 42.4 Å². The van der Waals surface area contributed by atoms with Crippen LogP contribution in [0.5, 0.6) is 0 Å². The molecule has 0 aromatic carbocycles. The summed E-state index contributed by atoms with van der Waals surface area (Å²) in [6.07, 6.45) is 49.9. The first kappa shape index (κ1) is 54.6. The first-order chi connectivity index (χ1) is 28.2. The van der Waals surface area contributed by atoms with E-state index in [0.717, 1.165) is 70.6 Å². The van der Waals surface area contributed by atoms with E-state index >= 15 is 0 Å². The molecule has 1 unspecified atom stereocenters. The van der Waals surface area contributed by atoms with E-state index in [1.165, 1.54) is 25.7 Å². The first-order valence-corrected chi connectivity index (χ1v) is 23.2. The molecule has 3 N–H and O–H groups in total. The van der Waals surface area contributed by atoms with Gasteiger partial charge in [-0.05, 0) is 89.5 Å². The van der Waals surface area contributed by atoms with Gasteiger partial charge in [0.15, 0.2) is 11.9 Å². The van der Waals surface area contributed by atoms with Crippen molar-refractivity contribution in [2.75, 3.05) is 26.4 Å². The highest BCUT2D eigenvalue weighted by Crippen LogP contribution is 2.43. The molecule has 0 saturated carbocycles. The van der Waals surface area contributed by atoms with Crippen molar-refractivity contribution in [1.29, 1.82) is 0 Å². The van der Waals surface area contributed by atoms with Crippen LogP contribution in [-0.2, 0) is 37.5 Å². The Morgan fingerprint density at radius 2 is 1.07 bits per heavy atom. The second-order valence-corrected chi connectivity index (χ2v) is 15.3. The molecule has 0 fully saturated rings. The number of ketones is 1. The maximum absolute atomic E-state index is 12.6. The highest BCUT2D eigenvalue weighted by molar-refractivity contribution is 7.47. The maximum atomic E-state index is 12.6. The Morgan fingerprint density at radius 1 is 0.569 bits per heavy atom. The van der Waals surface area contributed by atoms with Crippen LogP contribution in [0.4, 0.5) is 0 Å². The lowest BCUT2D eigenvalue weighted by atomic mass is 10.1. The minimum absolute atomic E-state index is 0.0259. The molecule has 0 saturated heterocycles. The third-order valence-corrected chi connectivity index (χ3v) is 9.40. The molecule has 11 heteroatoms. The molecule has 0 spiro atoms. The van der Waals surface area contributed by atoms with E-state index in [4.69, 9.17) is 24.3 Å². The fourth-order valence-electron chi connectivity index (χ4n) is 5.15. The zero-order valence-electron chi connectivity index (χ0n) is 35.7. The Balaban J connectivity index is 4.38. The van der Waals surface area contributed by atoms with Gasteiger partial charge in [-0.1, -0.05) is 137 Å². The van der Waals surface area contributed by atoms with Crippen LogP contribution >= 0.6 is 7.82 Å². The SMILES string of the molecule is CCCCC/C=C\C/C=C\C/C=C\C/C=C\CCCCCC(=O)O[C@H](COC(=O)CCC/C=C\C/C=C\C/C=C\C=C\C(=O)CCCCC)COP(=O)(O)OCCN. The Morgan fingerprint density at radius 3 is 1.66 bits per heavy atom. The summed E-state index contributed by atoms with van der Waals surface area (Å²) in [5, 5.41) is 0. The van der Waals surface area contributed by atoms with Gasteiger partial charge in [-0.2, -0.15) is 0 Å². The summed E-state index contributed by atoms with van der Waals surface area (Å²) >= 11 is 0. The van der Waals surface area contributed by atoms with Gasteiger partial charge in [0, 0.05) is 25.8 Å². The van der Waals surface area contributed by atoms with Crippen LogP contribution in [0.15, 0.2) is 97.2 Å². The van der Waals surface area contributed by atoms with Crippen molar-refractivity contribution >= 4 is 25.5 Å². The molecule has 10 nitrogen and oxygen atoms in total. The van der Waals surface area contributed by atoms with E-state index in [9.17, 15) is 23.8 Å². The van der Waals surface area contributed by atoms with Gasteiger partial charge in [0.2, 0.25) is 0 Å². The lowest BCUT2D eigenvalue weighted by Crippen LogP contribution is -2.29. The van der Waals surface area contributed by atoms with E-state index in [1.54, 1.807) is 12.2 Å². The molecule has 0 bridgehead atoms. The van der Waals surface area contributed by atoms with Gasteiger partial charge < -0.3 is 20.1 Å². The van der Waals surface area contributed by atoms with Crippen LogP contribution in [0.2, 0.25) is 0 Å². The summed E-state index contributed by atoms with van der Waals surface area (Å²) < 4.78 is 32.6. The fourth-order valence-corrected chi connectivity index (χ4v) is 5.92. The molecule has 0 aromatic rings. The van der Waals surface area contributed by atoms with Crippen molar-refractivity contribution in [2.45, 2.75) is 155 Å². The summed E-state index contributed by atoms with van der Waals surface area (Å²) in [4.78, 5) is 46.6. The lowest BCUT2D eigenvalue weighted by molar-refractivity contribution is -0.161. The number of nitrogens with two attached hydrogens (primary N) is 1. The van der Waals surface area contributed by atoms with E-state index in [-0.39, 0.29) is 38.4 Å². The van der Waals surface area contributed by atoms with E-state index in [2.05, 4.69) is 74.6 Å². The van der Waals surface area contributed by atoms with Crippen molar-refractivity contribution in [1.82, 2.24) is 0 Å². The summed E-state index contributed by atoms with van der Waals surface area (Å²) in [5.74, 6) is -0.811. The molecule has 0 amide bonds. The maximum Gasteiger partial charge on any atom is 0.472 e. The number of ether oxygens (including phenoxy) is 2. The topological polar surface area (TPSA) is 151 Å². The van der Waals surface area contributed by atoms with Crippen molar-refractivity contribution in [2.24, 2.45) is 5.73 Å². The largest absolute Gasteiger partial charge is 0.472 e. The molecule has 0 aromatic heterocycles. The van der Waals surface area contributed by atoms with Crippen LogP contribution < -0.4 is 5.73 Å². The average Bonchev–Trinajstić information content (AvgIpc) is 3.20. The highest BCUT2D eigenvalue weighted by Gasteiger charge is 2.25. The Bertz CT molecular complexity index is 1330. The van der Waals surface area contributed by atoms with Crippen LogP contribution in [0.1, 0.15) is 149 Å². The fraction of sp³-hybridized carbons (Fsp3) is 0.596. The van der Waals surface area contributed by atoms with Gasteiger partial charge in [0.25, 0.3) is 0 Å². The second kappa shape index (κ2) is 41.7. The van der Waals surface area contributed by atoms with Gasteiger partial charge in [-0.15, -0.1) is 0 Å². The molecule has 0 aliphatic rings. The van der Waals surface area contributed by atoms with Crippen LogP contribution in [0.3, 0.4) is 0 Å². The zero-order valence-corrected chi connectivity index (χ0v) is 36.6. The summed E-state index contributed by atoms with van der Waals surface area (Å²) in [6.45, 7) is 3.39. The minimum atomic E-state index is -4.42. The quantitative estimate of drug-likeness (QED) is 0.0153. The van der Waals surface area contributed by atoms with Crippen molar-refractivity contribution in [3.63, 3.8) is 0 Å². The third-order valence-electron chi connectivity index (χ3n) is 8.42. The van der Waals surface area contributed by atoms with E-state index in [1.807, 2.05) is 24.3 Å².